The maximum absolute atomic E-state index is 11.2. The second-order valence-corrected chi connectivity index (χ2v) is 3.68. The van der Waals surface area contributed by atoms with E-state index in [4.69, 9.17) is 16.2 Å². The number of benzene rings is 1. The molecule has 0 bridgehead atoms. The van der Waals surface area contributed by atoms with Crippen molar-refractivity contribution in [2.75, 3.05) is 37.4 Å². The lowest BCUT2D eigenvalue weighted by molar-refractivity contribution is 0.100. The molecular weight excluding hydrogens is 218 g/mol. The molecule has 0 aromatic heterocycles. The van der Waals surface area contributed by atoms with Gasteiger partial charge in [0.2, 0.25) is 0 Å². The van der Waals surface area contributed by atoms with Crippen molar-refractivity contribution in [1.82, 2.24) is 0 Å². The van der Waals surface area contributed by atoms with Crippen LogP contribution in [0.2, 0.25) is 0 Å². The summed E-state index contributed by atoms with van der Waals surface area (Å²) in [4.78, 5) is 13.2. The molecule has 17 heavy (non-hydrogen) atoms. The molecule has 5 heteroatoms. The van der Waals surface area contributed by atoms with Crippen molar-refractivity contribution in [3.8, 4) is 0 Å². The van der Waals surface area contributed by atoms with Crippen LogP contribution in [0.1, 0.15) is 17.3 Å². The van der Waals surface area contributed by atoms with E-state index in [1.54, 1.807) is 19.2 Å². The summed E-state index contributed by atoms with van der Waals surface area (Å²) in [7, 11) is 1.65. The van der Waals surface area contributed by atoms with E-state index >= 15 is 0 Å². The number of carbonyl (C=O) groups is 1. The van der Waals surface area contributed by atoms with Gasteiger partial charge in [-0.3, -0.25) is 4.79 Å². The van der Waals surface area contributed by atoms with Crippen LogP contribution < -0.4 is 16.4 Å². The highest BCUT2D eigenvalue weighted by atomic mass is 16.5. The predicted octanol–water partition coefficient (Wildman–Crippen LogP) is 0.840. The minimum absolute atomic E-state index is 0.360. The summed E-state index contributed by atoms with van der Waals surface area (Å²) in [5.74, 6) is -0.507. The molecule has 5 nitrogen and oxygen atoms in total. The van der Waals surface area contributed by atoms with Crippen molar-refractivity contribution in [3.63, 3.8) is 0 Å². The van der Waals surface area contributed by atoms with Gasteiger partial charge in [0.25, 0.3) is 5.91 Å². The average molecular weight is 237 g/mol. The Morgan fingerprint density at radius 3 is 2.71 bits per heavy atom. The lowest BCUT2D eigenvalue weighted by atomic mass is 10.1. The minimum Gasteiger partial charge on any atom is -0.396 e. The Kier molecular flexibility index (Phi) is 4.78. The normalized spacial score (nSPS) is 10.2. The largest absolute Gasteiger partial charge is 0.396 e. The van der Waals surface area contributed by atoms with Crippen LogP contribution in [0.15, 0.2) is 18.2 Å². The molecule has 0 aliphatic carbocycles. The monoisotopic (exact) mass is 237 g/mol. The molecule has 0 unspecified atom stereocenters. The zero-order valence-corrected chi connectivity index (χ0v) is 10.3. The molecule has 0 saturated carbocycles. The fraction of sp³-hybridized carbons (Fsp3) is 0.417. The van der Waals surface area contributed by atoms with Gasteiger partial charge < -0.3 is 21.1 Å². The Labute approximate surface area is 101 Å². The van der Waals surface area contributed by atoms with E-state index in [0.717, 1.165) is 18.8 Å². The number of rotatable bonds is 6. The van der Waals surface area contributed by atoms with E-state index in [-0.39, 0.29) is 0 Å². The standard InChI is InChI=1S/C12H19N3O2/c1-3-15(7-8-17-2)10-6-4-5-9(11(10)13)12(14)16/h4-6H,3,7-8,13H2,1-2H3,(H2,14,16). The van der Waals surface area contributed by atoms with Crippen LogP contribution in [0, 0.1) is 0 Å². The molecule has 1 aromatic carbocycles. The van der Waals surface area contributed by atoms with Gasteiger partial charge in [0.15, 0.2) is 0 Å². The zero-order chi connectivity index (χ0) is 12.8. The number of hydrogen-bond donors (Lipinski definition) is 2. The summed E-state index contributed by atoms with van der Waals surface area (Å²) in [6.45, 7) is 4.13. The highest BCUT2D eigenvalue weighted by Crippen LogP contribution is 2.26. The summed E-state index contributed by atoms with van der Waals surface area (Å²) >= 11 is 0. The Morgan fingerprint density at radius 1 is 1.47 bits per heavy atom. The van der Waals surface area contributed by atoms with Gasteiger partial charge in [0, 0.05) is 20.2 Å². The fourth-order valence-electron chi connectivity index (χ4n) is 1.69. The zero-order valence-electron chi connectivity index (χ0n) is 10.3. The van der Waals surface area contributed by atoms with Gasteiger partial charge in [-0.05, 0) is 19.1 Å². The van der Waals surface area contributed by atoms with Gasteiger partial charge in [-0.1, -0.05) is 6.07 Å². The molecule has 1 rings (SSSR count). The second kappa shape index (κ2) is 6.10. The number of methoxy groups -OCH3 is 1. The number of nitrogens with zero attached hydrogens (tertiary/aromatic N) is 1. The summed E-state index contributed by atoms with van der Waals surface area (Å²) in [5, 5.41) is 0. The summed E-state index contributed by atoms with van der Waals surface area (Å²) in [6.07, 6.45) is 0. The summed E-state index contributed by atoms with van der Waals surface area (Å²) < 4.78 is 5.04. The maximum Gasteiger partial charge on any atom is 0.250 e. The van der Waals surface area contributed by atoms with Crippen LogP contribution in [-0.4, -0.2) is 32.7 Å². The third-order valence-corrected chi connectivity index (χ3v) is 2.64. The van der Waals surface area contributed by atoms with E-state index in [9.17, 15) is 4.79 Å². The SMILES string of the molecule is CCN(CCOC)c1cccc(C(N)=O)c1N. The Bertz CT molecular complexity index is 393. The van der Waals surface area contributed by atoms with E-state index in [1.807, 2.05) is 17.9 Å². The molecule has 0 radical (unpaired) electrons. The number of hydrogen-bond acceptors (Lipinski definition) is 4. The van der Waals surface area contributed by atoms with Crippen LogP contribution >= 0.6 is 0 Å². The number of nitrogens with two attached hydrogens (primary N) is 2. The summed E-state index contributed by atoms with van der Waals surface area (Å²) in [6, 6.07) is 5.29. The molecule has 0 fully saturated rings. The van der Waals surface area contributed by atoms with Crippen molar-refractivity contribution in [2.24, 2.45) is 5.73 Å². The first-order valence-electron chi connectivity index (χ1n) is 5.54. The van der Waals surface area contributed by atoms with Crippen molar-refractivity contribution in [2.45, 2.75) is 6.92 Å². The van der Waals surface area contributed by atoms with Crippen LogP contribution in [0.3, 0.4) is 0 Å². The van der Waals surface area contributed by atoms with E-state index in [1.165, 1.54) is 0 Å². The first-order valence-corrected chi connectivity index (χ1v) is 5.54. The van der Waals surface area contributed by atoms with Crippen LogP contribution in [0.4, 0.5) is 11.4 Å². The quantitative estimate of drug-likeness (QED) is 0.718. The molecule has 0 aliphatic rings. The average Bonchev–Trinajstić information content (AvgIpc) is 2.31. The Hall–Kier alpha value is -1.75. The summed E-state index contributed by atoms with van der Waals surface area (Å²) in [5.41, 5.74) is 12.8. The van der Waals surface area contributed by atoms with Gasteiger partial charge in [0.05, 0.1) is 23.5 Å². The Balaban J connectivity index is 3.03. The number of ether oxygens (including phenoxy) is 1. The number of likely N-dealkylation sites (N-methyl/N-ethyl adjacent to an activating group) is 1. The van der Waals surface area contributed by atoms with E-state index < -0.39 is 5.91 Å². The van der Waals surface area contributed by atoms with Crippen LogP contribution in [0.5, 0.6) is 0 Å². The fourth-order valence-corrected chi connectivity index (χ4v) is 1.69. The number of nitrogen functional groups attached to an aromatic ring is 1. The number of primary amides is 1. The van der Waals surface area contributed by atoms with Crippen molar-refractivity contribution in [1.29, 1.82) is 0 Å². The smallest absolute Gasteiger partial charge is 0.250 e. The number of para-hydroxylation sites is 1. The number of carbonyl (C=O) groups excluding carboxylic acids is 1. The molecule has 0 saturated heterocycles. The van der Waals surface area contributed by atoms with E-state index in [2.05, 4.69) is 0 Å². The predicted molar refractivity (Wildman–Crippen MR) is 69.1 cm³/mol. The first kappa shape index (κ1) is 13.3. The Morgan fingerprint density at radius 2 is 2.18 bits per heavy atom. The molecule has 0 spiro atoms. The molecule has 0 atom stereocenters. The first-order chi connectivity index (χ1) is 8.11. The lowest BCUT2D eigenvalue weighted by Crippen LogP contribution is -2.28. The van der Waals surface area contributed by atoms with Crippen molar-refractivity contribution < 1.29 is 9.53 Å². The highest BCUT2D eigenvalue weighted by Gasteiger charge is 2.13. The number of amides is 1. The van der Waals surface area contributed by atoms with Gasteiger partial charge in [-0.15, -0.1) is 0 Å². The molecule has 4 N–H and O–H groups in total. The van der Waals surface area contributed by atoms with Crippen molar-refractivity contribution in [3.05, 3.63) is 23.8 Å². The van der Waals surface area contributed by atoms with Crippen LogP contribution in [0.25, 0.3) is 0 Å². The van der Waals surface area contributed by atoms with Crippen molar-refractivity contribution >= 4 is 17.3 Å². The van der Waals surface area contributed by atoms with Gasteiger partial charge in [-0.25, -0.2) is 0 Å². The van der Waals surface area contributed by atoms with Crippen LogP contribution in [-0.2, 0) is 4.74 Å². The topological polar surface area (TPSA) is 81.6 Å². The van der Waals surface area contributed by atoms with Gasteiger partial charge in [-0.2, -0.15) is 0 Å². The third kappa shape index (κ3) is 3.10. The highest BCUT2D eigenvalue weighted by molar-refractivity contribution is 6.00. The van der Waals surface area contributed by atoms with Gasteiger partial charge in [0.1, 0.15) is 0 Å². The molecule has 94 valence electrons. The van der Waals surface area contributed by atoms with Gasteiger partial charge >= 0.3 is 0 Å². The second-order valence-electron chi connectivity index (χ2n) is 3.68. The minimum atomic E-state index is -0.507. The lowest BCUT2D eigenvalue weighted by Gasteiger charge is -2.24. The third-order valence-electron chi connectivity index (χ3n) is 2.64. The van der Waals surface area contributed by atoms with E-state index in [0.29, 0.717) is 17.9 Å². The maximum atomic E-state index is 11.2. The molecule has 1 aromatic rings. The molecule has 1 amide bonds. The molecular formula is C12H19N3O2. The number of anilines is 2. The molecule has 0 heterocycles. The molecule has 0 aliphatic heterocycles.